The molecule has 21 heavy (non-hydrogen) atoms. The lowest BCUT2D eigenvalue weighted by atomic mass is 9.90. The Hall–Kier alpha value is -1.42. The second-order valence-electron chi connectivity index (χ2n) is 5.68. The second-order valence-corrected chi connectivity index (χ2v) is 6.59. The topological polar surface area (TPSA) is 29.0 Å². The molecule has 110 valence electrons. The molecule has 0 N–H and O–H groups in total. The van der Waals surface area contributed by atoms with Crippen molar-refractivity contribution in [2.45, 2.75) is 38.6 Å². The van der Waals surface area contributed by atoms with Gasteiger partial charge in [0.05, 0.1) is 4.47 Å². The van der Waals surface area contributed by atoms with E-state index in [9.17, 15) is 0 Å². The lowest BCUT2D eigenvalue weighted by Gasteiger charge is -2.27. The summed E-state index contributed by atoms with van der Waals surface area (Å²) < 4.78 is 0.925. The van der Waals surface area contributed by atoms with Crippen molar-refractivity contribution in [3.05, 3.63) is 52.3 Å². The van der Waals surface area contributed by atoms with Gasteiger partial charge in [-0.25, -0.2) is 9.97 Å². The van der Waals surface area contributed by atoms with E-state index in [1.54, 1.807) is 0 Å². The van der Waals surface area contributed by atoms with E-state index in [0.717, 1.165) is 23.4 Å². The molecule has 1 aromatic carbocycles. The maximum Gasteiger partial charge on any atom is 0.225 e. The molecule has 1 saturated heterocycles. The molecule has 1 fully saturated rings. The number of benzene rings is 1. The summed E-state index contributed by atoms with van der Waals surface area (Å²) in [5.41, 5.74) is 2.75. The highest BCUT2D eigenvalue weighted by atomic mass is 79.9. The molecule has 1 aliphatic rings. The second kappa shape index (κ2) is 6.14. The van der Waals surface area contributed by atoms with Gasteiger partial charge in [0.1, 0.15) is 0 Å². The Bertz CT molecular complexity index is 541. The van der Waals surface area contributed by atoms with Gasteiger partial charge >= 0.3 is 0 Å². The number of aromatic nitrogens is 2. The van der Waals surface area contributed by atoms with Crippen molar-refractivity contribution < 1.29 is 0 Å². The largest absolute Gasteiger partial charge is 0.337 e. The molecule has 2 heterocycles. The maximum atomic E-state index is 4.47. The van der Waals surface area contributed by atoms with Crippen LogP contribution in [0.3, 0.4) is 0 Å². The lowest BCUT2D eigenvalue weighted by Crippen LogP contribution is -2.32. The van der Waals surface area contributed by atoms with E-state index in [0.29, 0.717) is 12.0 Å². The highest BCUT2D eigenvalue weighted by Crippen LogP contribution is 2.37. The molecule has 1 aliphatic heterocycles. The van der Waals surface area contributed by atoms with Crippen LogP contribution in [0.2, 0.25) is 0 Å². The number of hydrogen-bond donors (Lipinski definition) is 0. The zero-order valence-corrected chi connectivity index (χ0v) is 14.0. The molecule has 4 heteroatoms. The number of rotatable bonds is 3. The summed E-state index contributed by atoms with van der Waals surface area (Å²) in [4.78, 5) is 11.3. The van der Waals surface area contributed by atoms with Gasteiger partial charge in [0.2, 0.25) is 5.95 Å². The van der Waals surface area contributed by atoms with Crippen LogP contribution in [0, 0.1) is 6.92 Å². The summed E-state index contributed by atoms with van der Waals surface area (Å²) in [6.07, 6.45) is 5.93. The first kappa shape index (κ1) is 14.5. The number of nitrogens with zero attached hydrogens (tertiary/aromatic N) is 3. The Labute approximate surface area is 134 Å². The van der Waals surface area contributed by atoms with Crippen LogP contribution in [0.4, 0.5) is 5.95 Å². The predicted molar refractivity (Wildman–Crippen MR) is 89.7 cm³/mol. The van der Waals surface area contributed by atoms with E-state index in [4.69, 9.17) is 0 Å². The van der Waals surface area contributed by atoms with Crippen molar-refractivity contribution in [1.82, 2.24) is 9.97 Å². The standard InChI is InChI=1S/C17H20BrN3/c1-3-16-15(13-6-4-12(2)5-7-13)8-9-21(16)17-19-10-14(18)11-20-17/h4-7,10-11,15-16H,3,8-9H2,1-2H3. The highest BCUT2D eigenvalue weighted by molar-refractivity contribution is 9.10. The summed E-state index contributed by atoms with van der Waals surface area (Å²) in [7, 11) is 0. The summed E-state index contributed by atoms with van der Waals surface area (Å²) in [6, 6.07) is 9.44. The number of halogens is 1. The molecule has 3 rings (SSSR count). The maximum absolute atomic E-state index is 4.47. The minimum absolute atomic E-state index is 0.480. The van der Waals surface area contributed by atoms with Gasteiger partial charge in [-0.15, -0.1) is 0 Å². The molecule has 3 nitrogen and oxygen atoms in total. The highest BCUT2D eigenvalue weighted by Gasteiger charge is 2.35. The zero-order chi connectivity index (χ0) is 14.8. The van der Waals surface area contributed by atoms with Crippen LogP contribution in [0.5, 0.6) is 0 Å². The van der Waals surface area contributed by atoms with Gasteiger partial charge in [-0.1, -0.05) is 36.8 Å². The average Bonchev–Trinajstić information content (AvgIpc) is 2.92. The fourth-order valence-electron chi connectivity index (χ4n) is 3.26. The van der Waals surface area contributed by atoms with Crippen LogP contribution < -0.4 is 4.90 Å². The van der Waals surface area contributed by atoms with Gasteiger partial charge in [0.25, 0.3) is 0 Å². The van der Waals surface area contributed by atoms with E-state index in [1.807, 2.05) is 12.4 Å². The first-order valence-corrected chi connectivity index (χ1v) is 8.29. The molecule has 2 atom stereocenters. The van der Waals surface area contributed by atoms with Crippen LogP contribution in [-0.4, -0.2) is 22.6 Å². The van der Waals surface area contributed by atoms with Gasteiger partial charge in [-0.2, -0.15) is 0 Å². The Morgan fingerprint density at radius 3 is 2.48 bits per heavy atom. The van der Waals surface area contributed by atoms with Crippen LogP contribution in [-0.2, 0) is 0 Å². The molecule has 1 aromatic heterocycles. The fourth-order valence-corrected chi connectivity index (χ4v) is 3.47. The van der Waals surface area contributed by atoms with Crippen molar-refractivity contribution in [2.24, 2.45) is 0 Å². The summed E-state index contributed by atoms with van der Waals surface area (Å²) in [5.74, 6) is 1.42. The molecule has 0 aliphatic carbocycles. The van der Waals surface area contributed by atoms with Crippen molar-refractivity contribution in [3.8, 4) is 0 Å². The SMILES string of the molecule is CCC1C(c2ccc(C)cc2)CCN1c1ncc(Br)cn1. The van der Waals surface area contributed by atoms with E-state index in [1.165, 1.54) is 17.5 Å². The third-order valence-electron chi connectivity index (χ3n) is 4.33. The van der Waals surface area contributed by atoms with Gasteiger partial charge in [-0.3, -0.25) is 0 Å². The molecular formula is C17H20BrN3. The third kappa shape index (κ3) is 2.95. The smallest absolute Gasteiger partial charge is 0.225 e. The van der Waals surface area contributed by atoms with E-state index < -0.39 is 0 Å². The van der Waals surface area contributed by atoms with Gasteiger partial charge < -0.3 is 4.90 Å². The quantitative estimate of drug-likeness (QED) is 0.829. The Balaban J connectivity index is 1.85. The van der Waals surface area contributed by atoms with Crippen molar-refractivity contribution in [3.63, 3.8) is 0 Å². The zero-order valence-electron chi connectivity index (χ0n) is 12.5. The first-order valence-electron chi connectivity index (χ1n) is 7.49. The van der Waals surface area contributed by atoms with Crippen molar-refractivity contribution >= 4 is 21.9 Å². The fraction of sp³-hybridized carbons (Fsp3) is 0.412. The molecule has 0 spiro atoms. The van der Waals surface area contributed by atoms with Crippen LogP contribution >= 0.6 is 15.9 Å². The minimum atomic E-state index is 0.480. The normalized spacial score (nSPS) is 21.8. The number of anilines is 1. The monoisotopic (exact) mass is 345 g/mol. The van der Waals surface area contributed by atoms with Crippen LogP contribution in [0.1, 0.15) is 36.8 Å². The Morgan fingerprint density at radius 1 is 1.19 bits per heavy atom. The van der Waals surface area contributed by atoms with E-state index >= 15 is 0 Å². The Morgan fingerprint density at radius 2 is 1.86 bits per heavy atom. The molecular weight excluding hydrogens is 326 g/mol. The molecule has 0 saturated carbocycles. The molecule has 0 bridgehead atoms. The first-order chi connectivity index (χ1) is 10.2. The summed E-state index contributed by atoms with van der Waals surface area (Å²) in [6.45, 7) is 5.42. The molecule has 2 unspecified atom stereocenters. The van der Waals surface area contributed by atoms with Crippen molar-refractivity contribution in [2.75, 3.05) is 11.4 Å². The van der Waals surface area contributed by atoms with E-state index in [-0.39, 0.29) is 0 Å². The van der Waals surface area contributed by atoms with Gasteiger partial charge in [0.15, 0.2) is 0 Å². The molecule has 0 amide bonds. The van der Waals surface area contributed by atoms with E-state index in [2.05, 4.69) is 68.9 Å². The van der Waals surface area contributed by atoms with Crippen molar-refractivity contribution in [1.29, 1.82) is 0 Å². The Kier molecular flexibility index (Phi) is 4.24. The lowest BCUT2D eigenvalue weighted by molar-refractivity contribution is 0.566. The average molecular weight is 346 g/mol. The predicted octanol–water partition coefficient (Wildman–Crippen LogP) is 4.32. The molecule has 2 aromatic rings. The van der Waals surface area contributed by atoms with Crippen LogP contribution in [0.15, 0.2) is 41.1 Å². The number of hydrogen-bond acceptors (Lipinski definition) is 3. The minimum Gasteiger partial charge on any atom is -0.337 e. The van der Waals surface area contributed by atoms with Gasteiger partial charge in [0, 0.05) is 30.9 Å². The summed E-state index contributed by atoms with van der Waals surface area (Å²) in [5, 5.41) is 0. The summed E-state index contributed by atoms with van der Waals surface area (Å²) >= 11 is 3.40. The number of aryl methyl sites for hydroxylation is 1. The third-order valence-corrected chi connectivity index (χ3v) is 4.74. The van der Waals surface area contributed by atoms with Gasteiger partial charge in [-0.05, 0) is 41.3 Å². The molecule has 0 radical (unpaired) electrons. The van der Waals surface area contributed by atoms with Crippen LogP contribution in [0.25, 0.3) is 0 Å².